The second kappa shape index (κ2) is 6.22. The van der Waals surface area contributed by atoms with Crippen molar-refractivity contribution in [1.29, 1.82) is 0 Å². The van der Waals surface area contributed by atoms with Gasteiger partial charge in [-0.2, -0.15) is 4.73 Å². The van der Waals surface area contributed by atoms with E-state index >= 15 is 0 Å². The minimum absolute atomic E-state index is 0. The van der Waals surface area contributed by atoms with Crippen LogP contribution >= 0.6 is 24.8 Å². The minimum atomic E-state index is 0. The molecule has 0 aliphatic carbocycles. The average molecular weight is 197 g/mol. The quantitative estimate of drug-likeness (QED) is 0.530. The SMILES string of the molecule is Cl.Cl.NCc1ccc[n+]([O-])c1. The fraction of sp³-hybridized carbons (Fsp3) is 0.167. The average Bonchev–Trinajstić information content (AvgIpc) is 1.88. The molecule has 1 aromatic heterocycles. The summed E-state index contributed by atoms with van der Waals surface area (Å²) in [4.78, 5) is 0. The maximum Gasteiger partial charge on any atom is 0.184 e. The Kier molecular flexibility index (Phi) is 7.41. The third kappa shape index (κ3) is 4.03. The molecule has 1 heterocycles. The number of rotatable bonds is 1. The van der Waals surface area contributed by atoms with Gasteiger partial charge in [0.25, 0.3) is 0 Å². The molecule has 1 aromatic rings. The molecule has 64 valence electrons. The minimum Gasteiger partial charge on any atom is -0.619 e. The number of nitrogens with two attached hydrogens (primary N) is 1. The van der Waals surface area contributed by atoms with Crippen molar-refractivity contribution in [1.82, 2.24) is 0 Å². The van der Waals surface area contributed by atoms with Gasteiger partial charge in [0.2, 0.25) is 0 Å². The Balaban J connectivity index is 0. The molecule has 0 aromatic carbocycles. The van der Waals surface area contributed by atoms with E-state index in [1.165, 1.54) is 12.4 Å². The Labute approximate surface area is 77.6 Å². The Bertz CT molecular complexity index is 208. The normalized spacial score (nSPS) is 7.73. The summed E-state index contributed by atoms with van der Waals surface area (Å²) >= 11 is 0. The van der Waals surface area contributed by atoms with Gasteiger partial charge in [-0.25, -0.2) is 0 Å². The van der Waals surface area contributed by atoms with Crippen LogP contribution in [0.15, 0.2) is 24.5 Å². The van der Waals surface area contributed by atoms with Gasteiger partial charge in [-0.3, -0.25) is 0 Å². The summed E-state index contributed by atoms with van der Waals surface area (Å²) in [7, 11) is 0. The molecule has 0 saturated heterocycles. The first-order valence-corrected chi connectivity index (χ1v) is 2.70. The molecule has 0 aliphatic rings. The standard InChI is InChI=1S/C6H8N2O.2ClH/c7-4-6-2-1-3-8(9)5-6;;/h1-3,5H,4,7H2;2*1H. The van der Waals surface area contributed by atoms with Crippen LogP contribution < -0.4 is 10.5 Å². The predicted octanol–water partition coefficient (Wildman–Crippen LogP) is 0.622. The molecule has 0 saturated carbocycles. The van der Waals surface area contributed by atoms with Gasteiger partial charge in [0.15, 0.2) is 12.4 Å². The van der Waals surface area contributed by atoms with Crippen molar-refractivity contribution in [3.8, 4) is 0 Å². The zero-order chi connectivity index (χ0) is 6.69. The summed E-state index contributed by atoms with van der Waals surface area (Å²) in [5.41, 5.74) is 6.12. The van der Waals surface area contributed by atoms with E-state index in [0.29, 0.717) is 6.54 Å². The molecule has 0 aliphatic heterocycles. The zero-order valence-corrected chi connectivity index (χ0v) is 7.40. The van der Waals surface area contributed by atoms with Crippen molar-refractivity contribution in [2.75, 3.05) is 0 Å². The first kappa shape index (κ1) is 13.1. The van der Waals surface area contributed by atoms with E-state index in [-0.39, 0.29) is 24.8 Å². The van der Waals surface area contributed by atoms with Gasteiger partial charge in [-0.05, 0) is 6.07 Å². The second-order valence-electron chi connectivity index (χ2n) is 1.78. The lowest BCUT2D eigenvalue weighted by Gasteiger charge is -1.95. The van der Waals surface area contributed by atoms with Crippen LogP contribution in [0.3, 0.4) is 0 Å². The smallest absolute Gasteiger partial charge is 0.184 e. The van der Waals surface area contributed by atoms with Crippen LogP contribution in [0.25, 0.3) is 0 Å². The Morgan fingerprint density at radius 3 is 2.45 bits per heavy atom. The van der Waals surface area contributed by atoms with Crippen LogP contribution in [-0.4, -0.2) is 0 Å². The molecule has 3 nitrogen and oxygen atoms in total. The van der Waals surface area contributed by atoms with Gasteiger partial charge in [0.05, 0.1) is 0 Å². The summed E-state index contributed by atoms with van der Waals surface area (Å²) in [6, 6.07) is 3.49. The lowest BCUT2D eigenvalue weighted by atomic mass is 10.3. The molecule has 1 rings (SSSR count). The van der Waals surface area contributed by atoms with E-state index in [2.05, 4.69) is 0 Å². The number of aromatic nitrogens is 1. The third-order valence-electron chi connectivity index (χ3n) is 1.07. The van der Waals surface area contributed by atoms with E-state index in [1.54, 1.807) is 6.07 Å². The lowest BCUT2D eigenvalue weighted by molar-refractivity contribution is -0.605. The van der Waals surface area contributed by atoms with Gasteiger partial charge in [-0.1, -0.05) is 0 Å². The monoisotopic (exact) mass is 196 g/mol. The van der Waals surface area contributed by atoms with Gasteiger partial charge in [-0.15, -0.1) is 24.8 Å². The Morgan fingerprint density at radius 2 is 2.09 bits per heavy atom. The zero-order valence-electron chi connectivity index (χ0n) is 5.77. The largest absolute Gasteiger partial charge is 0.619 e. The van der Waals surface area contributed by atoms with Crippen LogP contribution in [0.2, 0.25) is 0 Å². The van der Waals surface area contributed by atoms with Crippen LogP contribution in [0.1, 0.15) is 5.56 Å². The molecule has 0 fully saturated rings. The van der Waals surface area contributed by atoms with Gasteiger partial charge in [0.1, 0.15) is 0 Å². The topological polar surface area (TPSA) is 53.0 Å². The summed E-state index contributed by atoms with van der Waals surface area (Å²) in [5, 5.41) is 10.5. The molecule has 0 bridgehead atoms. The van der Waals surface area contributed by atoms with Crippen molar-refractivity contribution < 1.29 is 4.73 Å². The maximum atomic E-state index is 10.5. The van der Waals surface area contributed by atoms with Crippen molar-refractivity contribution in [3.05, 3.63) is 35.3 Å². The maximum absolute atomic E-state index is 10.5. The molecule has 11 heavy (non-hydrogen) atoms. The number of nitrogens with zero attached hydrogens (tertiary/aromatic N) is 1. The summed E-state index contributed by atoms with van der Waals surface area (Å²) in [6.45, 7) is 0.420. The lowest BCUT2D eigenvalue weighted by Crippen LogP contribution is -2.25. The van der Waals surface area contributed by atoms with Gasteiger partial charge in [0, 0.05) is 18.2 Å². The molecule has 0 spiro atoms. The van der Waals surface area contributed by atoms with Crippen molar-refractivity contribution >= 4 is 24.8 Å². The molecule has 0 atom stereocenters. The van der Waals surface area contributed by atoms with E-state index in [1.807, 2.05) is 6.07 Å². The molecule has 5 heteroatoms. The number of hydrogen-bond acceptors (Lipinski definition) is 2. The number of halogens is 2. The van der Waals surface area contributed by atoms with Gasteiger partial charge < -0.3 is 10.9 Å². The number of pyridine rings is 1. The highest BCUT2D eigenvalue weighted by Crippen LogP contribution is 1.89. The van der Waals surface area contributed by atoms with E-state index < -0.39 is 0 Å². The molecular weight excluding hydrogens is 187 g/mol. The highest BCUT2D eigenvalue weighted by molar-refractivity contribution is 5.85. The highest BCUT2D eigenvalue weighted by atomic mass is 35.5. The first-order chi connectivity index (χ1) is 4.33. The second-order valence-corrected chi connectivity index (χ2v) is 1.78. The molecule has 2 N–H and O–H groups in total. The van der Waals surface area contributed by atoms with Crippen molar-refractivity contribution in [2.45, 2.75) is 6.54 Å². The molecule has 0 amide bonds. The fourth-order valence-corrected chi connectivity index (χ4v) is 0.622. The third-order valence-corrected chi connectivity index (χ3v) is 1.07. The van der Waals surface area contributed by atoms with E-state index in [9.17, 15) is 5.21 Å². The van der Waals surface area contributed by atoms with E-state index in [0.717, 1.165) is 10.3 Å². The summed E-state index contributed by atoms with van der Waals surface area (Å²) < 4.78 is 0.738. The Morgan fingerprint density at radius 1 is 1.45 bits per heavy atom. The van der Waals surface area contributed by atoms with Crippen molar-refractivity contribution in [2.24, 2.45) is 5.73 Å². The van der Waals surface area contributed by atoms with Crippen LogP contribution in [-0.2, 0) is 6.54 Å². The van der Waals surface area contributed by atoms with Gasteiger partial charge >= 0.3 is 0 Å². The predicted molar refractivity (Wildman–Crippen MR) is 47.8 cm³/mol. The highest BCUT2D eigenvalue weighted by Gasteiger charge is 1.90. The summed E-state index contributed by atoms with van der Waals surface area (Å²) in [6.07, 6.45) is 2.89. The van der Waals surface area contributed by atoms with Crippen molar-refractivity contribution in [3.63, 3.8) is 0 Å². The molecule has 0 radical (unpaired) electrons. The van der Waals surface area contributed by atoms with Crippen LogP contribution in [0.5, 0.6) is 0 Å². The number of hydrogen-bond donors (Lipinski definition) is 1. The fourth-order valence-electron chi connectivity index (χ4n) is 0.622. The summed E-state index contributed by atoms with van der Waals surface area (Å²) in [5.74, 6) is 0. The molecular formula is C6H10Cl2N2O. The van der Waals surface area contributed by atoms with E-state index in [4.69, 9.17) is 5.73 Å². The van der Waals surface area contributed by atoms with Crippen LogP contribution in [0.4, 0.5) is 0 Å². The molecule has 0 unspecified atom stereocenters. The van der Waals surface area contributed by atoms with Crippen LogP contribution in [0, 0.1) is 5.21 Å². The first-order valence-electron chi connectivity index (χ1n) is 2.70. The Hall–Kier alpha value is -0.510.